The number of para-hydroxylation sites is 1. The van der Waals surface area contributed by atoms with Crippen LogP contribution in [0.15, 0.2) is 73.1 Å². The van der Waals surface area contributed by atoms with Gasteiger partial charge in [-0.2, -0.15) is 0 Å². The van der Waals surface area contributed by atoms with Gasteiger partial charge in [0.1, 0.15) is 0 Å². The summed E-state index contributed by atoms with van der Waals surface area (Å²) in [7, 11) is 0. The molecule has 260 valence electrons. The van der Waals surface area contributed by atoms with E-state index in [0.29, 0.717) is 23.7 Å². The van der Waals surface area contributed by atoms with Crippen LogP contribution in [0.3, 0.4) is 0 Å². The van der Waals surface area contributed by atoms with E-state index in [2.05, 4.69) is 81.9 Å². The van der Waals surface area contributed by atoms with Gasteiger partial charge in [0, 0.05) is 66.3 Å². The Morgan fingerprint density at radius 2 is 1.00 bits per heavy atom. The molecule has 6 aromatic heterocycles. The van der Waals surface area contributed by atoms with Crippen LogP contribution in [-0.2, 0) is 0 Å². The highest BCUT2D eigenvalue weighted by molar-refractivity contribution is 6.39. The molecule has 0 radical (unpaired) electrons. The van der Waals surface area contributed by atoms with E-state index < -0.39 is 0 Å². The number of pyridine rings is 3. The summed E-state index contributed by atoms with van der Waals surface area (Å²) in [6, 6.07) is 23.7. The molecule has 54 heavy (non-hydrogen) atoms. The molecule has 4 fully saturated rings. The maximum atomic E-state index is 5.58. The number of aromatic nitrogens is 4. The Labute approximate surface area is 311 Å². The van der Waals surface area contributed by atoms with Crippen molar-refractivity contribution >= 4 is 87.0 Å². The maximum absolute atomic E-state index is 5.58. The highest BCUT2D eigenvalue weighted by Crippen LogP contribution is 2.61. The smallest absolute Gasteiger partial charge is 0.0728 e. The SMILES string of the molecule is c1cc2ccc3c4ccccc4n4c5cc6c7c8c(ncc7n7c9cnc%10c(c9c(c5c(c1)c2c34)c67)C1CC2CC(CC%10C2)C1)C1CC2CC(C1)CC8C2. The lowest BCUT2D eigenvalue weighted by Crippen LogP contribution is -2.25. The largest absolute Gasteiger partial charge is 0.308 e. The van der Waals surface area contributed by atoms with Crippen LogP contribution in [0.2, 0.25) is 0 Å². The Kier molecular flexibility index (Phi) is 4.57. The van der Waals surface area contributed by atoms with Gasteiger partial charge in [0.25, 0.3) is 0 Å². The average Bonchev–Trinajstić information content (AvgIpc) is 3.74. The van der Waals surface area contributed by atoms with Crippen molar-refractivity contribution in [3.8, 4) is 0 Å². The first-order valence-corrected chi connectivity index (χ1v) is 21.3. The second kappa shape index (κ2) is 8.94. The summed E-state index contributed by atoms with van der Waals surface area (Å²) in [4.78, 5) is 11.1. The molecule has 4 heteroatoms. The van der Waals surface area contributed by atoms with Crippen molar-refractivity contribution in [2.24, 2.45) is 23.7 Å². The molecule has 0 aliphatic heterocycles. The number of hydrogen-bond acceptors (Lipinski definition) is 2. The highest BCUT2D eigenvalue weighted by atomic mass is 15.0. The Bertz CT molecular complexity index is 3330. The molecule has 0 N–H and O–H groups in total. The van der Waals surface area contributed by atoms with Crippen LogP contribution in [0.1, 0.15) is 110 Å². The standard InChI is InChI=1S/C50H40N4/c1-2-7-36-32(5-1)33-9-8-27-4-3-6-34-40(27)49(33)53(36)37-20-35-44-38(21-51-47-30-16-23-10-24(17-30)13-28(12-23)41(44)47)54-39-22-52-48-31-18-25-11-26(19-31)15-29(14-25)42(48)45(39)46(43(34)37)50(35)54/h1-9,20-26,28-31H,10-19H2. The minimum absolute atomic E-state index is 0.603. The summed E-state index contributed by atoms with van der Waals surface area (Å²) in [5.74, 6) is 5.89. The third-order valence-corrected chi connectivity index (χ3v) is 16.8. The normalized spacial score (nSPS) is 29.9. The molecule has 0 saturated heterocycles. The molecule has 4 aromatic carbocycles. The lowest BCUT2D eigenvalue weighted by molar-refractivity contribution is 0.165. The molecule has 0 amide bonds. The van der Waals surface area contributed by atoms with Crippen molar-refractivity contribution in [1.29, 1.82) is 0 Å². The second-order valence-corrected chi connectivity index (χ2v) is 19.3. The van der Waals surface area contributed by atoms with Crippen molar-refractivity contribution in [3.63, 3.8) is 0 Å². The molecule has 4 atom stereocenters. The molecule has 0 spiro atoms. The lowest BCUT2D eigenvalue weighted by atomic mass is 9.67. The van der Waals surface area contributed by atoms with Crippen LogP contribution >= 0.6 is 0 Å². The van der Waals surface area contributed by atoms with Gasteiger partial charge in [-0.3, -0.25) is 9.97 Å². The third-order valence-electron chi connectivity index (χ3n) is 16.8. The summed E-state index contributed by atoms with van der Waals surface area (Å²) in [5.41, 5.74) is 14.3. The fourth-order valence-electron chi connectivity index (χ4n) is 15.5. The first kappa shape index (κ1) is 27.6. The molecule has 18 rings (SSSR count). The van der Waals surface area contributed by atoms with E-state index in [1.807, 2.05) is 0 Å². The topological polar surface area (TPSA) is 34.6 Å². The van der Waals surface area contributed by atoms with Gasteiger partial charge in [-0.05, 0) is 134 Å². The Balaban J connectivity index is 1.21. The number of hydrogen-bond donors (Lipinski definition) is 0. The number of nitrogens with zero attached hydrogens (tertiary/aromatic N) is 4. The van der Waals surface area contributed by atoms with Crippen molar-refractivity contribution in [1.82, 2.24) is 18.8 Å². The predicted molar refractivity (Wildman–Crippen MR) is 220 cm³/mol. The fraction of sp³-hybridized carbons (Fsp3) is 0.360. The third kappa shape index (κ3) is 2.98. The van der Waals surface area contributed by atoms with E-state index in [-0.39, 0.29) is 0 Å². The summed E-state index contributed by atoms with van der Waals surface area (Å²) >= 11 is 0. The number of rotatable bonds is 0. The summed E-state index contributed by atoms with van der Waals surface area (Å²) < 4.78 is 5.37. The van der Waals surface area contributed by atoms with Crippen LogP contribution in [0.4, 0.5) is 0 Å². The molecular formula is C50H40N4. The first-order chi connectivity index (χ1) is 26.7. The average molecular weight is 697 g/mol. The van der Waals surface area contributed by atoms with Crippen molar-refractivity contribution in [2.45, 2.75) is 87.9 Å². The lowest BCUT2D eigenvalue weighted by Gasteiger charge is -2.38. The van der Waals surface area contributed by atoms with Crippen LogP contribution < -0.4 is 0 Å². The number of benzene rings is 4. The molecule has 4 unspecified atom stereocenters. The van der Waals surface area contributed by atoms with E-state index in [0.717, 1.165) is 23.7 Å². The van der Waals surface area contributed by atoms with Crippen molar-refractivity contribution in [3.05, 3.63) is 95.6 Å². The van der Waals surface area contributed by atoms with Gasteiger partial charge in [0.05, 0.1) is 45.5 Å². The van der Waals surface area contributed by atoms with Crippen molar-refractivity contribution < 1.29 is 0 Å². The van der Waals surface area contributed by atoms with Gasteiger partial charge in [0.2, 0.25) is 0 Å². The van der Waals surface area contributed by atoms with E-state index in [1.54, 1.807) is 11.1 Å². The van der Waals surface area contributed by atoms with Crippen LogP contribution in [0.25, 0.3) is 87.0 Å². The molecular weight excluding hydrogens is 657 g/mol. The van der Waals surface area contributed by atoms with Gasteiger partial charge in [0.15, 0.2) is 0 Å². The molecule has 10 aromatic rings. The van der Waals surface area contributed by atoms with Gasteiger partial charge < -0.3 is 8.80 Å². The Morgan fingerprint density at radius 1 is 0.407 bits per heavy atom. The molecule has 4 saturated carbocycles. The van der Waals surface area contributed by atoms with Gasteiger partial charge in [-0.25, -0.2) is 0 Å². The zero-order chi connectivity index (χ0) is 34.3. The van der Waals surface area contributed by atoms with Crippen LogP contribution in [0, 0.1) is 23.7 Å². The van der Waals surface area contributed by atoms with E-state index in [1.165, 1.54) is 163 Å². The zero-order valence-corrected chi connectivity index (χ0v) is 30.4. The van der Waals surface area contributed by atoms with Gasteiger partial charge in [-0.15, -0.1) is 0 Å². The van der Waals surface area contributed by atoms with Crippen LogP contribution in [0.5, 0.6) is 0 Å². The first-order valence-electron chi connectivity index (χ1n) is 21.3. The summed E-state index contributed by atoms with van der Waals surface area (Å²) in [6.07, 6.45) is 18.3. The Morgan fingerprint density at radius 3 is 1.72 bits per heavy atom. The Hall–Kier alpha value is -4.96. The highest BCUT2D eigenvalue weighted by Gasteiger charge is 2.46. The van der Waals surface area contributed by atoms with E-state index in [4.69, 9.17) is 9.97 Å². The van der Waals surface area contributed by atoms with Crippen molar-refractivity contribution in [2.75, 3.05) is 0 Å². The minimum atomic E-state index is 0.603. The van der Waals surface area contributed by atoms with Gasteiger partial charge in [-0.1, -0.05) is 48.5 Å². The molecule has 8 bridgehead atoms. The predicted octanol–water partition coefficient (Wildman–Crippen LogP) is 12.7. The molecule has 8 aliphatic rings. The van der Waals surface area contributed by atoms with Crippen LogP contribution in [-0.4, -0.2) is 18.8 Å². The van der Waals surface area contributed by atoms with Gasteiger partial charge >= 0.3 is 0 Å². The maximum Gasteiger partial charge on any atom is 0.0728 e. The quantitative estimate of drug-likeness (QED) is 0.117. The van der Waals surface area contributed by atoms with E-state index >= 15 is 0 Å². The van der Waals surface area contributed by atoms with E-state index in [9.17, 15) is 0 Å². The second-order valence-electron chi connectivity index (χ2n) is 19.3. The zero-order valence-electron chi connectivity index (χ0n) is 30.4. The number of fused-ring (bicyclic) bond motifs is 13. The summed E-state index contributed by atoms with van der Waals surface area (Å²) in [5, 5.41) is 14.3. The minimum Gasteiger partial charge on any atom is -0.308 e. The summed E-state index contributed by atoms with van der Waals surface area (Å²) in [6.45, 7) is 0. The monoisotopic (exact) mass is 696 g/mol. The molecule has 6 heterocycles. The molecule has 4 nitrogen and oxygen atoms in total. The fourth-order valence-corrected chi connectivity index (χ4v) is 15.5. The molecule has 8 aliphatic carbocycles.